The topological polar surface area (TPSA) is 0 Å². The first-order valence-electron chi connectivity index (χ1n) is 5.58. The molecular weight excluding hydrogens is 144 g/mol. The lowest BCUT2D eigenvalue weighted by atomic mass is 9.84. The molecule has 1 saturated carbocycles. The van der Waals surface area contributed by atoms with Crippen LogP contribution in [0.15, 0.2) is 12.2 Å². The molecule has 1 unspecified atom stereocenters. The van der Waals surface area contributed by atoms with Crippen molar-refractivity contribution in [1.82, 2.24) is 0 Å². The zero-order valence-corrected chi connectivity index (χ0v) is 8.13. The van der Waals surface area contributed by atoms with Gasteiger partial charge in [0.25, 0.3) is 0 Å². The fourth-order valence-corrected chi connectivity index (χ4v) is 2.71. The minimum absolute atomic E-state index is 0.899. The molecule has 1 atom stereocenters. The van der Waals surface area contributed by atoms with E-state index in [2.05, 4.69) is 19.1 Å². The molecule has 12 heavy (non-hydrogen) atoms. The second-order valence-electron chi connectivity index (χ2n) is 4.50. The number of hydrogen-bond acceptors (Lipinski definition) is 0. The summed E-state index contributed by atoms with van der Waals surface area (Å²) in [5.41, 5.74) is 0. The van der Waals surface area contributed by atoms with Gasteiger partial charge in [0.2, 0.25) is 0 Å². The van der Waals surface area contributed by atoms with E-state index in [9.17, 15) is 0 Å². The minimum atomic E-state index is 0.899. The maximum atomic E-state index is 2.37. The lowest BCUT2D eigenvalue weighted by Gasteiger charge is -2.21. The number of hydrogen-bond donors (Lipinski definition) is 0. The van der Waals surface area contributed by atoms with Crippen LogP contribution in [0.2, 0.25) is 0 Å². The predicted octanol–water partition coefficient (Wildman–Crippen LogP) is 3.78. The molecule has 2 rings (SSSR count). The molecule has 0 bridgehead atoms. The Balaban J connectivity index is 1.79. The third-order valence-electron chi connectivity index (χ3n) is 3.63. The van der Waals surface area contributed by atoms with Crippen molar-refractivity contribution in [2.24, 2.45) is 17.8 Å². The molecule has 68 valence electrons. The maximum absolute atomic E-state index is 2.37. The van der Waals surface area contributed by atoms with Gasteiger partial charge in [-0.15, -0.1) is 0 Å². The van der Waals surface area contributed by atoms with E-state index in [1.165, 1.54) is 38.5 Å². The molecule has 0 heteroatoms. The summed E-state index contributed by atoms with van der Waals surface area (Å²) in [6.07, 6.45) is 13.6. The number of rotatable bonds is 4. The second kappa shape index (κ2) is 3.64. The van der Waals surface area contributed by atoms with Crippen molar-refractivity contribution >= 4 is 0 Å². The van der Waals surface area contributed by atoms with Crippen LogP contribution < -0.4 is 0 Å². The summed E-state index contributed by atoms with van der Waals surface area (Å²) in [5, 5.41) is 0. The van der Waals surface area contributed by atoms with Crippen molar-refractivity contribution in [2.45, 2.75) is 45.4 Å². The summed E-state index contributed by atoms with van der Waals surface area (Å²) in [5.74, 6) is 3.01. The van der Waals surface area contributed by atoms with E-state index in [0.717, 1.165) is 17.8 Å². The summed E-state index contributed by atoms with van der Waals surface area (Å²) in [4.78, 5) is 0. The van der Waals surface area contributed by atoms with Gasteiger partial charge in [0, 0.05) is 0 Å². The van der Waals surface area contributed by atoms with Gasteiger partial charge >= 0.3 is 0 Å². The van der Waals surface area contributed by atoms with Crippen LogP contribution in [-0.2, 0) is 0 Å². The molecule has 0 heterocycles. The molecule has 0 spiro atoms. The zero-order chi connectivity index (χ0) is 8.39. The molecule has 1 fully saturated rings. The van der Waals surface area contributed by atoms with E-state index in [4.69, 9.17) is 0 Å². The van der Waals surface area contributed by atoms with Gasteiger partial charge in [0.05, 0.1) is 0 Å². The van der Waals surface area contributed by atoms with Gasteiger partial charge in [-0.2, -0.15) is 0 Å². The van der Waals surface area contributed by atoms with Crippen molar-refractivity contribution in [2.75, 3.05) is 0 Å². The molecule has 2 aliphatic rings. The van der Waals surface area contributed by atoms with E-state index in [-0.39, 0.29) is 0 Å². The van der Waals surface area contributed by atoms with Crippen LogP contribution in [0.1, 0.15) is 45.4 Å². The normalized spacial score (nSPS) is 26.4. The Morgan fingerprint density at radius 1 is 1.25 bits per heavy atom. The summed E-state index contributed by atoms with van der Waals surface area (Å²) in [6, 6.07) is 0. The molecular formula is C12H20. The third kappa shape index (κ3) is 1.91. The Morgan fingerprint density at radius 3 is 2.42 bits per heavy atom. The van der Waals surface area contributed by atoms with Crippen LogP contribution in [0.5, 0.6) is 0 Å². The summed E-state index contributed by atoms with van der Waals surface area (Å²) in [7, 11) is 0. The van der Waals surface area contributed by atoms with Gasteiger partial charge in [-0.3, -0.25) is 0 Å². The number of allylic oxidation sites excluding steroid dienone is 2. The molecule has 0 amide bonds. The molecule has 0 radical (unpaired) electrons. The van der Waals surface area contributed by atoms with Crippen LogP contribution in [-0.4, -0.2) is 0 Å². The first-order valence-corrected chi connectivity index (χ1v) is 5.58. The lowest BCUT2D eigenvalue weighted by Crippen LogP contribution is -2.11. The van der Waals surface area contributed by atoms with E-state index in [1.807, 2.05) is 0 Å². The summed E-state index contributed by atoms with van der Waals surface area (Å²) >= 11 is 0. The zero-order valence-electron chi connectivity index (χ0n) is 8.13. The van der Waals surface area contributed by atoms with Gasteiger partial charge in [-0.05, 0) is 24.2 Å². The molecule has 2 aliphatic carbocycles. The quantitative estimate of drug-likeness (QED) is 0.555. The second-order valence-corrected chi connectivity index (χ2v) is 4.50. The molecule has 0 aromatic rings. The molecule has 0 aromatic carbocycles. The van der Waals surface area contributed by atoms with Crippen molar-refractivity contribution in [3.05, 3.63) is 12.2 Å². The Hall–Kier alpha value is -0.260. The molecule has 0 nitrogen and oxygen atoms in total. The van der Waals surface area contributed by atoms with Gasteiger partial charge < -0.3 is 0 Å². The van der Waals surface area contributed by atoms with Crippen LogP contribution in [0.4, 0.5) is 0 Å². The highest BCUT2D eigenvalue weighted by molar-refractivity contribution is 5.13. The first kappa shape index (κ1) is 8.34. The smallest absolute Gasteiger partial charge is 0.00503 e. The van der Waals surface area contributed by atoms with Crippen LogP contribution >= 0.6 is 0 Å². The SMILES string of the molecule is CCC(CC1C=C1)C1CCCC1. The van der Waals surface area contributed by atoms with Gasteiger partial charge in [0.1, 0.15) is 0 Å². The van der Waals surface area contributed by atoms with E-state index in [1.54, 1.807) is 0 Å². The van der Waals surface area contributed by atoms with Gasteiger partial charge in [0.15, 0.2) is 0 Å². The summed E-state index contributed by atoms with van der Waals surface area (Å²) < 4.78 is 0. The first-order chi connectivity index (χ1) is 5.90. The van der Waals surface area contributed by atoms with Gasteiger partial charge in [-0.25, -0.2) is 0 Å². The molecule has 0 aromatic heterocycles. The standard InChI is InChI=1S/C12H20/c1-2-11(9-10-7-8-10)12-5-3-4-6-12/h7-8,10-12H,2-6,9H2,1H3. The Kier molecular flexibility index (Phi) is 2.53. The highest BCUT2D eigenvalue weighted by Gasteiger charge is 2.26. The fourth-order valence-electron chi connectivity index (χ4n) is 2.71. The van der Waals surface area contributed by atoms with E-state index >= 15 is 0 Å². The average Bonchev–Trinajstić information content (AvgIpc) is 2.74. The van der Waals surface area contributed by atoms with Crippen molar-refractivity contribution in [1.29, 1.82) is 0 Å². The molecule has 0 aliphatic heterocycles. The minimum Gasteiger partial charge on any atom is -0.0810 e. The maximum Gasteiger partial charge on any atom is -0.00503 e. The van der Waals surface area contributed by atoms with E-state index in [0.29, 0.717) is 0 Å². The van der Waals surface area contributed by atoms with Crippen molar-refractivity contribution in [3.63, 3.8) is 0 Å². The monoisotopic (exact) mass is 164 g/mol. The third-order valence-corrected chi connectivity index (χ3v) is 3.63. The highest BCUT2D eigenvalue weighted by Crippen LogP contribution is 2.38. The van der Waals surface area contributed by atoms with E-state index < -0.39 is 0 Å². The Morgan fingerprint density at radius 2 is 1.92 bits per heavy atom. The lowest BCUT2D eigenvalue weighted by molar-refractivity contribution is 0.301. The predicted molar refractivity (Wildman–Crippen MR) is 53.0 cm³/mol. The largest absolute Gasteiger partial charge is 0.0810 e. The molecule has 0 N–H and O–H groups in total. The van der Waals surface area contributed by atoms with Crippen LogP contribution in [0.25, 0.3) is 0 Å². The van der Waals surface area contributed by atoms with Crippen molar-refractivity contribution in [3.8, 4) is 0 Å². The fraction of sp³-hybridized carbons (Fsp3) is 0.833. The van der Waals surface area contributed by atoms with Gasteiger partial charge in [-0.1, -0.05) is 51.2 Å². The average molecular weight is 164 g/mol. The highest BCUT2D eigenvalue weighted by atomic mass is 14.3. The Bertz CT molecular complexity index is 157. The van der Waals surface area contributed by atoms with Crippen molar-refractivity contribution < 1.29 is 0 Å². The molecule has 0 saturated heterocycles. The van der Waals surface area contributed by atoms with Crippen LogP contribution in [0.3, 0.4) is 0 Å². The van der Waals surface area contributed by atoms with Crippen LogP contribution in [0, 0.1) is 17.8 Å². The Labute approximate surface area is 76.1 Å². The summed E-state index contributed by atoms with van der Waals surface area (Å²) in [6.45, 7) is 2.37.